The topological polar surface area (TPSA) is 64.6 Å². The van der Waals surface area contributed by atoms with E-state index in [2.05, 4.69) is 13.8 Å². The highest BCUT2D eigenvalue weighted by Crippen LogP contribution is 2.44. The number of hydrogen-bond acceptors (Lipinski definition) is 7. The average Bonchev–Trinajstić information content (AvgIpc) is 2.73. The molecule has 2 heterocycles. The highest BCUT2D eigenvalue weighted by Gasteiger charge is 2.56. The van der Waals surface area contributed by atoms with Crippen molar-refractivity contribution in [3.63, 3.8) is 0 Å². The number of hydrogen-bond donors (Lipinski definition) is 0. The molecular weight excluding hydrogens is 376 g/mol. The SMILES string of the molecule is COC[C@H](C[C@H]1O[C@@H]2[C@H](OCc3ccccc3)OCO[C@@H]2[C@@H](OC)C1(C)C)OC. The van der Waals surface area contributed by atoms with Crippen LogP contribution >= 0.6 is 0 Å². The fourth-order valence-corrected chi connectivity index (χ4v) is 4.25. The van der Waals surface area contributed by atoms with E-state index in [0.717, 1.165) is 5.56 Å². The summed E-state index contributed by atoms with van der Waals surface area (Å²) in [5.74, 6) is 0. The summed E-state index contributed by atoms with van der Waals surface area (Å²) in [5.41, 5.74) is 0.788. The fraction of sp³-hybridized carbons (Fsp3) is 0.727. The molecule has 1 aromatic rings. The van der Waals surface area contributed by atoms with E-state index < -0.39 is 12.4 Å². The Morgan fingerprint density at radius 1 is 1.07 bits per heavy atom. The van der Waals surface area contributed by atoms with E-state index in [4.69, 9.17) is 33.2 Å². The van der Waals surface area contributed by atoms with E-state index in [9.17, 15) is 0 Å². The second-order valence-corrected chi connectivity index (χ2v) is 8.20. The standard InChI is InChI=1S/C22H34O7/c1-22(2)17(11-16(24-4)13-23-3)29-19-18(20(22)25-5)27-14-28-21(19)26-12-15-9-7-6-8-10-15/h6-10,16-21H,11-14H2,1-5H3/t16-,17+,18-,19-,20+,21+/m0/s1. The molecule has 2 aliphatic rings. The van der Waals surface area contributed by atoms with Gasteiger partial charge in [-0.15, -0.1) is 0 Å². The third-order valence-corrected chi connectivity index (χ3v) is 5.94. The average molecular weight is 411 g/mol. The van der Waals surface area contributed by atoms with Gasteiger partial charge in [0.2, 0.25) is 0 Å². The number of methoxy groups -OCH3 is 3. The van der Waals surface area contributed by atoms with Crippen LogP contribution in [0.3, 0.4) is 0 Å². The van der Waals surface area contributed by atoms with Crippen LogP contribution in [0.25, 0.3) is 0 Å². The van der Waals surface area contributed by atoms with Gasteiger partial charge in [-0.05, 0) is 5.56 Å². The predicted molar refractivity (Wildman–Crippen MR) is 106 cm³/mol. The zero-order chi connectivity index (χ0) is 20.9. The quantitative estimate of drug-likeness (QED) is 0.620. The summed E-state index contributed by atoms with van der Waals surface area (Å²) in [7, 11) is 5.07. The molecule has 164 valence electrons. The molecule has 0 unspecified atom stereocenters. The van der Waals surface area contributed by atoms with Crippen LogP contribution in [0.4, 0.5) is 0 Å². The molecule has 0 aromatic heterocycles. The van der Waals surface area contributed by atoms with Crippen molar-refractivity contribution in [1.82, 2.24) is 0 Å². The number of benzene rings is 1. The van der Waals surface area contributed by atoms with Gasteiger partial charge in [-0.3, -0.25) is 0 Å². The van der Waals surface area contributed by atoms with Crippen LogP contribution < -0.4 is 0 Å². The van der Waals surface area contributed by atoms with Crippen molar-refractivity contribution in [3.05, 3.63) is 35.9 Å². The van der Waals surface area contributed by atoms with Gasteiger partial charge < -0.3 is 33.2 Å². The Bertz CT molecular complexity index is 608. The van der Waals surface area contributed by atoms with Crippen molar-refractivity contribution in [2.45, 2.75) is 63.7 Å². The van der Waals surface area contributed by atoms with E-state index in [0.29, 0.717) is 19.6 Å². The molecule has 0 aliphatic carbocycles. The van der Waals surface area contributed by atoms with Gasteiger partial charge in [-0.25, -0.2) is 0 Å². The van der Waals surface area contributed by atoms with Gasteiger partial charge in [-0.2, -0.15) is 0 Å². The van der Waals surface area contributed by atoms with Gasteiger partial charge in [0.15, 0.2) is 13.1 Å². The van der Waals surface area contributed by atoms with E-state index >= 15 is 0 Å². The molecule has 7 heteroatoms. The van der Waals surface area contributed by atoms with Gasteiger partial charge in [-0.1, -0.05) is 44.2 Å². The highest BCUT2D eigenvalue weighted by atomic mass is 16.8. The molecule has 0 radical (unpaired) electrons. The third-order valence-electron chi connectivity index (χ3n) is 5.94. The summed E-state index contributed by atoms with van der Waals surface area (Å²) in [5, 5.41) is 0. The van der Waals surface area contributed by atoms with Crippen LogP contribution in [-0.4, -0.2) is 71.5 Å². The number of fused-ring (bicyclic) bond motifs is 1. The van der Waals surface area contributed by atoms with Gasteiger partial charge in [0.05, 0.1) is 31.5 Å². The lowest BCUT2D eigenvalue weighted by atomic mass is 9.72. The molecule has 6 atom stereocenters. The van der Waals surface area contributed by atoms with Crippen LogP contribution in [-0.2, 0) is 39.8 Å². The lowest BCUT2D eigenvalue weighted by Crippen LogP contribution is -2.66. The first-order valence-electron chi connectivity index (χ1n) is 10.1. The monoisotopic (exact) mass is 410 g/mol. The molecule has 0 saturated carbocycles. The Kier molecular flexibility index (Phi) is 8.04. The van der Waals surface area contributed by atoms with Crippen molar-refractivity contribution >= 4 is 0 Å². The maximum atomic E-state index is 6.53. The molecule has 29 heavy (non-hydrogen) atoms. The van der Waals surface area contributed by atoms with E-state index in [1.54, 1.807) is 21.3 Å². The van der Waals surface area contributed by atoms with Gasteiger partial charge in [0, 0.05) is 33.2 Å². The summed E-state index contributed by atoms with van der Waals surface area (Å²) >= 11 is 0. The number of rotatable bonds is 9. The lowest BCUT2D eigenvalue weighted by Gasteiger charge is -2.54. The molecule has 0 amide bonds. The minimum absolute atomic E-state index is 0.0764. The first-order valence-corrected chi connectivity index (χ1v) is 10.1. The Morgan fingerprint density at radius 2 is 1.83 bits per heavy atom. The van der Waals surface area contributed by atoms with Crippen molar-refractivity contribution in [3.8, 4) is 0 Å². The van der Waals surface area contributed by atoms with Crippen LogP contribution in [0, 0.1) is 5.41 Å². The minimum Gasteiger partial charge on any atom is -0.382 e. The van der Waals surface area contributed by atoms with Crippen molar-refractivity contribution < 1.29 is 33.2 Å². The molecule has 2 fully saturated rings. The fourth-order valence-electron chi connectivity index (χ4n) is 4.25. The maximum Gasteiger partial charge on any atom is 0.189 e. The first kappa shape index (κ1) is 22.6. The Balaban J connectivity index is 1.75. The van der Waals surface area contributed by atoms with Gasteiger partial charge in [0.1, 0.15) is 12.2 Å². The molecule has 3 rings (SSSR count). The van der Waals surface area contributed by atoms with Crippen molar-refractivity contribution in [2.75, 3.05) is 34.7 Å². The van der Waals surface area contributed by atoms with E-state index in [1.165, 1.54) is 0 Å². The summed E-state index contributed by atoms with van der Waals surface area (Å²) in [6.07, 6.45) is -0.910. The predicted octanol–water partition coefficient (Wildman–Crippen LogP) is 2.76. The molecule has 1 aromatic carbocycles. The van der Waals surface area contributed by atoms with Gasteiger partial charge in [0.25, 0.3) is 0 Å². The Morgan fingerprint density at radius 3 is 2.48 bits per heavy atom. The normalized spacial score (nSPS) is 32.5. The van der Waals surface area contributed by atoms with Crippen LogP contribution in [0.2, 0.25) is 0 Å². The van der Waals surface area contributed by atoms with Crippen molar-refractivity contribution in [1.29, 1.82) is 0 Å². The minimum atomic E-state index is -0.534. The van der Waals surface area contributed by atoms with Crippen LogP contribution in [0.5, 0.6) is 0 Å². The third kappa shape index (κ3) is 5.17. The summed E-state index contributed by atoms with van der Waals surface area (Å²) in [6.45, 7) is 5.36. The largest absolute Gasteiger partial charge is 0.382 e. The second kappa shape index (κ2) is 10.3. The lowest BCUT2D eigenvalue weighted by molar-refractivity contribution is -0.371. The molecule has 7 nitrogen and oxygen atoms in total. The highest BCUT2D eigenvalue weighted by molar-refractivity contribution is 5.13. The zero-order valence-electron chi connectivity index (χ0n) is 18.0. The smallest absolute Gasteiger partial charge is 0.189 e. The van der Waals surface area contributed by atoms with Crippen molar-refractivity contribution in [2.24, 2.45) is 5.41 Å². The second-order valence-electron chi connectivity index (χ2n) is 8.20. The number of ether oxygens (including phenoxy) is 7. The first-order chi connectivity index (χ1) is 14.0. The van der Waals surface area contributed by atoms with E-state index in [1.807, 2.05) is 30.3 Å². The molecular formula is C22H34O7. The summed E-state index contributed by atoms with van der Waals surface area (Å²) < 4.78 is 41.1. The van der Waals surface area contributed by atoms with Crippen LogP contribution in [0.15, 0.2) is 30.3 Å². The molecule has 2 aliphatic heterocycles. The Hall–Kier alpha value is -1.06. The summed E-state index contributed by atoms with van der Waals surface area (Å²) in [4.78, 5) is 0. The molecule has 0 N–H and O–H groups in total. The molecule has 0 spiro atoms. The molecule has 2 saturated heterocycles. The zero-order valence-corrected chi connectivity index (χ0v) is 18.0. The van der Waals surface area contributed by atoms with E-state index in [-0.39, 0.29) is 36.6 Å². The summed E-state index contributed by atoms with van der Waals surface area (Å²) in [6, 6.07) is 10.0. The van der Waals surface area contributed by atoms with Gasteiger partial charge >= 0.3 is 0 Å². The Labute approximate surface area is 173 Å². The maximum absolute atomic E-state index is 6.53. The molecule has 0 bridgehead atoms. The van der Waals surface area contributed by atoms with Crippen LogP contribution in [0.1, 0.15) is 25.8 Å².